The molecule has 0 aliphatic heterocycles. The SMILES string of the molecule is C=C(C)C(=O)OCCCCCCC(=O)NCc1ccc(N)cc1. The summed E-state index contributed by atoms with van der Waals surface area (Å²) >= 11 is 0. The Labute approximate surface area is 137 Å². The van der Waals surface area contributed by atoms with Crippen molar-refractivity contribution in [2.75, 3.05) is 12.3 Å². The number of esters is 1. The van der Waals surface area contributed by atoms with Crippen molar-refractivity contribution in [3.05, 3.63) is 42.0 Å². The van der Waals surface area contributed by atoms with Crippen molar-refractivity contribution in [3.8, 4) is 0 Å². The maximum absolute atomic E-state index is 11.7. The summed E-state index contributed by atoms with van der Waals surface area (Å²) in [6.07, 6.45) is 4.04. The number of hydrogen-bond donors (Lipinski definition) is 2. The lowest BCUT2D eigenvalue weighted by Gasteiger charge is -2.06. The number of unbranched alkanes of at least 4 members (excludes halogenated alkanes) is 3. The van der Waals surface area contributed by atoms with Gasteiger partial charge in [0.25, 0.3) is 0 Å². The minimum absolute atomic E-state index is 0.0514. The van der Waals surface area contributed by atoms with Gasteiger partial charge in [0.2, 0.25) is 5.91 Å². The third-order valence-electron chi connectivity index (χ3n) is 3.35. The zero-order valence-corrected chi connectivity index (χ0v) is 13.8. The van der Waals surface area contributed by atoms with Crippen LogP contribution in [0, 0.1) is 0 Å². The monoisotopic (exact) mass is 318 g/mol. The molecule has 0 aliphatic carbocycles. The topological polar surface area (TPSA) is 81.4 Å². The first-order valence-corrected chi connectivity index (χ1v) is 7.93. The Bertz CT molecular complexity index is 524. The molecule has 23 heavy (non-hydrogen) atoms. The molecule has 0 bridgehead atoms. The van der Waals surface area contributed by atoms with E-state index in [4.69, 9.17) is 10.5 Å². The van der Waals surface area contributed by atoms with Gasteiger partial charge in [-0.25, -0.2) is 4.79 Å². The second kappa shape index (κ2) is 10.4. The molecular weight excluding hydrogens is 292 g/mol. The van der Waals surface area contributed by atoms with Gasteiger partial charge < -0.3 is 15.8 Å². The van der Waals surface area contributed by atoms with Crippen LogP contribution in [0.2, 0.25) is 0 Å². The molecule has 5 heteroatoms. The standard InChI is InChI=1S/C18H26N2O3/c1-14(2)18(22)23-12-6-4-3-5-7-17(21)20-13-15-8-10-16(19)11-9-15/h8-11H,1,3-7,12-13,19H2,2H3,(H,20,21). The molecule has 0 atom stereocenters. The van der Waals surface area contributed by atoms with Crippen LogP contribution in [0.4, 0.5) is 5.69 Å². The quantitative estimate of drug-likeness (QED) is 0.301. The fraction of sp³-hybridized carbons (Fsp3) is 0.444. The van der Waals surface area contributed by atoms with Crippen LogP contribution in [0.1, 0.15) is 44.6 Å². The molecule has 0 fully saturated rings. The van der Waals surface area contributed by atoms with Gasteiger partial charge in [-0.3, -0.25) is 4.79 Å². The summed E-state index contributed by atoms with van der Waals surface area (Å²) in [5, 5.41) is 2.89. The zero-order valence-electron chi connectivity index (χ0n) is 13.8. The lowest BCUT2D eigenvalue weighted by Crippen LogP contribution is -2.22. The van der Waals surface area contributed by atoms with E-state index < -0.39 is 0 Å². The Balaban J connectivity index is 2.01. The summed E-state index contributed by atoms with van der Waals surface area (Å²) in [5.74, 6) is -0.289. The van der Waals surface area contributed by atoms with E-state index in [1.54, 1.807) is 6.92 Å². The molecule has 1 aromatic carbocycles. The predicted molar refractivity (Wildman–Crippen MR) is 91.6 cm³/mol. The van der Waals surface area contributed by atoms with Crippen molar-refractivity contribution in [1.82, 2.24) is 5.32 Å². The fourth-order valence-corrected chi connectivity index (χ4v) is 1.95. The molecule has 0 radical (unpaired) electrons. The molecule has 3 N–H and O–H groups in total. The van der Waals surface area contributed by atoms with Crippen LogP contribution in [-0.4, -0.2) is 18.5 Å². The van der Waals surface area contributed by atoms with Crippen LogP contribution in [0.3, 0.4) is 0 Å². The molecule has 1 rings (SSSR count). The molecular formula is C18H26N2O3. The summed E-state index contributed by atoms with van der Waals surface area (Å²) in [6.45, 7) is 6.09. The number of hydrogen-bond acceptors (Lipinski definition) is 4. The smallest absolute Gasteiger partial charge is 0.333 e. The van der Waals surface area contributed by atoms with Crippen molar-refractivity contribution in [1.29, 1.82) is 0 Å². The van der Waals surface area contributed by atoms with Crippen LogP contribution in [0.15, 0.2) is 36.4 Å². The molecule has 0 saturated carbocycles. The molecule has 0 unspecified atom stereocenters. The van der Waals surface area contributed by atoms with Gasteiger partial charge in [0, 0.05) is 24.2 Å². The number of anilines is 1. The van der Waals surface area contributed by atoms with E-state index >= 15 is 0 Å². The van der Waals surface area contributed by atoms with E-state index in [0.717, 1.165) is 31.2 Å². The highest BCUT2D eigenvalue weighted by atomic mass is 16.5. The Morgan fingerprint density at radius 2 is 1.78 bits per heavy atom. The minimum Gasteiger partial charge on any atom is -0.462 e. The van der Waals surface area contributed by atoms with Gasteiger partial charge in [-0.2, -0.15) is 0 Å². The largest absolute Gasteiger partial charge is 0.462 e. The third kappa shape index (κ3) is 8.66. The Kier molecular flexibility index (Phi) is 8.50. The number of nitrogen functional groups attached to an aromatic ring is 1. The molecule has 0 aliphatic rings. The maximum atomic E-state index is 11.7. The van der Waals surface area contributed by atoms with E-state index in [1.165, 1.54) is 0 Å². The van der Waals surface area contributed by atoms with Crippen LogP contribution >= 0.6 is 0 Å². The maximum Gasteiger partial charge on any atom is 0.333 e. The van der Waals surface area contributed by atoms with Crippen molar-refractivity contribution in [3.63, 3.8) is 0 Å². The molecule has 126 valence electrons. The van der Waals surface area contributed by atoms with Crippen LogP contribution in [0.5, 0.6) is 0 Å². The van der Waals surface area contributed by atoms with Crippen molar-refractivity contribution in [2.24, 2.45) is 0 Å². The number of rotatable bonds is 10. The van der Waals surface area contributed by atoms with Crippen LogP contribution < -0.4 is 11.1 Å². The third-order valence-corrected chi connectivity index (χ3v) is 3.35. The molecule has 0 saturated heterocycles. The van der Waals surface area contributed by atoms with Gasteiger partial charge in [-0.1, -0.05) is 31.6 Å². The first kappa shape index (κ1) is 18.7. The van der Waals surface area contributed by atoms with E-state index in [-0.39, 0.29) is 11.9 Å². The average molecular weight is 318 g/mol. The number of carbonyl (C=O) groups is 2. The van der Waals surface area contributed by atoms with Crippen molar-refractivity contribution < 1.29 is 14.3 Å². The Morgan fingerprint density at radius 1 is 1.13 bits per heavy atom. The first-order chi connectivity index (χ1) is 11.0. The lowest BCUT2D eigenvalue weighted by atomic mass is 10.1. The van der Waals surface area contributed by atoms with Crippen LogP contribution in [-0.2, 0) is 20.9 Å². The molecule has 0 spiro atoms. The molecule has 5 nitrogen and oxygen atoms in total. The van der Waals surface area contributed by atoms with Gasteiger partial charge in [-0.05, 0) is 37.5 Å². The highest BCUT2D eigenvalue weighted by Gasteiger charge is 2.03. The van der Waals surface area contributed by atoms with Gasteiger partial charge >= 0.3 is 5.97 Å². The normalized spacial score (nSPS) is 10.1. The predicted octanol–water partition coefficient (Wildman–Crippen LogP) is 2.95. The molecule has 1 aromatic rings. The Morgan fingerprint density at radius 3 is 2.43 bits per heavy atom. The molecule has 1 amide bonds. The number of nitrogens with two attached hydrogens (primary N) is 1. The highest BCUT2D eigenvalue weighted by Crippen LogP contribution is 2.06. The summed E-state index contributed by atoms with van der Waals surface area (Å²) in [4.78, 5) is 22.9. The average Bonchev–Trinajstić information content (AvgIpc) is 2.53. The number of nitrogens with one attached hydrogen (secondary N) is 1. The van der Waals surface area contributed by atoms with Crippen molar-refractivity contribution >= 4 is 17.6 Å². The second-order valence-corrected chi connectivity index (χ2v) is 5.60. The highest BCUT2D eigenvalue weighted by molar-refractivity contribution is 5.86. The van der Waals surface area contributed by atoms with Gasteiger partial charge in [-0.15, -0.1) is 0 Å². The molecule has 0 aromatic heterocycles. The molecule has 0 heterocycles. The van der Waals surface area contributed by atoms with Gasteiger partial charge in [0.05, 0.1) is 6.61 Å². The zero-order chi connectivity index (χ0) is 17.1. The van der Waals surface area contributed by atoms with Gasteiger partial charge in [0.15, 0.2) is 0 Å². The number of benzene rings is 1. The van der Waals surface area contributed by atoms with E-state index in [0.29, 0.717) is 30.8 Å². The van der Waals surface area contributed by atoms with E-state index in [9.17, 15) is 9.59 Å². The first-order valence-electron chi connectivity index (χ1n) is 7.93. The fourth-order valence-electron chi connectivity index (χ4n) is 1.95. The van der Waals surface area contributed by atoms with Crippen LogP contribution in [0.25, 0.3) is 0 Å². The summed E-state index contributed by atoms with van der Waals surface area (Å²) in [5.41, 5.74) is 7.78. The lowest BCUT2D eigenvalue weighted by molar-refractivity contribution is -0.139. The van der Waals surface area contributed by atoms with Crippen molar-refractivity contribution in [2.45, 2.75) is 45.6 Å². The number of amides is 1. The summed E-state index contributed by atoms with van der Waals surface area (Å²) in [6, 6.07) is 7.45. The van der Waals surface area contributed by atoms with E-state index in [2.05, 4.69) is 11.9 Å². The van der Waals surface area contributed by atoms with Gasteiger partial charge in [0.1, 0.15) is 0 Å². The summed E-state index contributed by atoms with van der Waals surface area (Å²) in [7, 11) is 0. The van der Waals surface area contributed by atoms with E-state index in [1.807, 2.05) is 24.3 Å². The minimum atomic E-state index is -0.341. The number of ether oxygens (including phenoxy) is 1. The summed E-state index contributed by atoms with van der Waals surface area (Å²) < 4.78 is 5.00. The second-order valence-electron chi connectivity index (χ2n) is 5.60. The Hall–Kier alpha value is -2.30. The number of carbonyl (C=O) groups excluding carboxylic acids is 2.